The number of hydrogen-bond acceptors (Lipinski definition) is 9. The summed E-state index contributed by atoms with van der Waals surface area (Å²) in [5.41, 5.74) is -0.624. The van der Waals surface area contributed by atoms with E-state index in [4.69, 9.17) is 18.9 Å². The summed E-state index contributed by atoms with van der Waals surface area (Å²) in [6.07, 6.45) is 6.35. The molecule has 0 aromatic rings. The first-order chi connectivity index (χ1) is 17.5. The van der Waals surface area contributed by atoms with Crippen molar-refractivity contribution < 1.29 is 42.9 Å². The molecule has 0 aromatic heterocycles. The van der Waals surface area contributed by atoms with Crippen molar-refractivity contribution in [2.75, 3.05) is 26.4 Å². The van der Waals surface area contributed by atoms with Gasteiger partial charge in [0.2, 0.25) is 0 Å². The summed E-state index contributed by atoms with van der Waals surface area (Å²) in [6.45, 7) is 6.71. The summed E-state index contributed by atoms with van der Waals surface area (Å²) in [4.78, 5) is 59.2. The predicted octanol–water partition coefficient (Wildman–Crippen LogP) is 3.21. The molecule has 37 heavy (non-hydrogen) atoms. The van der Waals surface area contributed by atoms with Crippen LogP contribution in [-0.2, 0) is 42.9 Å². The van der Waals surface area contributed by atoms with Crippen LogP contribution >= 0.6 is 0 Å². The SMILES string of the molecule is CC(=O)CC[C@]1(C(C)=O)CC2(CCC1=O)OCCO2.CC(=O)[C@]12CCC(=O)C=C1CCC1(C2)OCCO1. The predicted molar refractivity (Wildman–Crippen MR) is 130 cm³/mol. The fraction of sp³-hybridized carbons (Fsp3) is 0.750. The van der Waals surface area contributed by atoms with Gasteiger partial charge in [-0.25, -0.2) is 0 Å². The Bertz CT molecular complexity index is 999. The number of ether oxygens (including phenoxy) is 4. The maximum Gasteiger partial charge on any atom is 0.170 e. The minimum absolute atomic E-state index is 0.0127. The molecule has 5 aliphatic rings. The number of ketones is 5. The van der Waals surface area contributed by atoms with Crippen LogP contribution in [0.2, 0.25) is 0 Å². The largest absolute Gasteiger partial charge is 0.347 e. The summed E-state index contributed by atoms with van der Waals surface area (Å²) in [5.74, 6) is -1.37. The quantitative estimate of drug-likeness (QED) is 0.505. The second-order valence-electron chi connectivity index (χ2n) is 11.1. The molecule has 2 atom stereocenters. The van der Waals surface area contributed by atoms with Crippen molar-refractivity contribution >= 4 is 28.9 Å². The second kappa shape index (κ2) is 10.6. The van der Waals surface area contributed by atoms with Crippen molar-refractivity contribution in [2.45, 2.75) is 96.6 Å². The summed E-state index contributed by atoms with van der Waals surface area (Å²) in [7, 11) is 0. The second-order valence-corrected chi connectivity index (χ2v) is 11.1. The summed E-state index contributed by atoms with van der Waals surface area (Å²) < 4.78 is 22.8. The van der Waals surface area contributed by atoms with Crippen molar-refractivity contribution in [3.63, 3.8) is 0 Å². The third-order valence-electron chi connectivity index (χ3n) is 8.81. The number of carbonyl (C=O) groups is 5. The molecule has 5 rings (SSSR count). The molecule has 0 amide bonds. The van der Waals surface area contributed by atoms with E-state index in [1.807, 2.05) is 0 Å². The lowest BCUT2D eigenvalue weighted by Gasteiger charge is -2.46. The zero-order valence-corrected chi connectivity index (χ0v) is 22.2. The lowest BCUT2D eigenvalue weighted by molar-refractivity contribution is -0.203. The average Bonchev–Trinajstić information content (AvgIpc) is 3.50. The molecule has 2 saturated carbocycles. The van der Waals surface area contributed by atoms with Crippen LogP contribution in [0.25, 0.3) is 0 Å². The molecule has 0 N–H and O–H groups in total. The van der Waals surface area contributed by atoms with Gasteiger partial charge >= 0.3 is 0 Å². The van der Waals surface area contributed by atoms with E-state index in [-0.39, 0.29) is 54.6 Å². The van der Waals surface area contributed by atoms with Crippen molar-refractivity contribution in [3.8, 4) is 0 Å². The fourth-order valence-corrected chi connectivity index (χ4v) is 6.61. The summed E-state index contributed by atoms with van der Waals surface area (Å²) in [5, 5.41) is 0. The Balaban J connectivity index is 0.000000173. The number of Topliss-reactive ketones (excluding diaryl/α,β-unsaturated/α-hetero) is 4. The van der Waals surface area contributed by atoms with Gasteiger partial charge in [-0.1, -0.05) is 5.57 Å². The van der Waals surface area contributed by atoms with Gasteiger partial charge in [0.1, 0.15) is 23.1 Å². The Kier molecular flexibility index (Phi) is 8.00. The van der Waals surface area contributed by atoms with E-state index in [1.165, 1.54) is 13.8 Å². The average molecular weight is 519 g/mol. The Morgan fingerprint density at radius 3 is 1.86 bits per heavy atom. The van der Waals surface area contributed by atoms with Gasteiger partial charge < -0.3 is 23.7 Å². The first-order valence-corrected chi connectivity index (χ1v) is 13.3. The van der Waals surface area contributed by atoms with E-state index in [0.717, 1.165) is 18.4 Å². The Morgan fingerprint density at radius 1 is 0.757 bits per heavy atom. The molecule has 0 unspecified atom stereocenters. The normalized spacial score (nSPS) is 31.9. The number of hydrogen-bond donors (Lipinski definition) is 0. The third-order valence-corrected chi connectivity index (χ3v) is 8.81. The van der Waals surface area contributed by atoms with Crippen LogP contribution in [0.1, 0.15) is 85.0 Å². The molecule has 4 fully saturated rings. The minimum Gasteiger partial charge on any atom is -0.347 e. The number of carbonyl (C=O) groups excluding carboxylic acids is 5. The molecular weight excluding hydrogens is 480 g/mol. The molecule has 9 nitrogen and oxygen atoms in total. The molecule has 2 saturated heterocycles. The van der Waals surface area contributed by atoms with E-state index in [1.54, 1.807) is 13.0 Å². The van der Waals surface area contributed by atoms with Crippen molar-refractivity contribution in [1.29, 1.82) is 0 Å². The lowest BCUT2D eigenvalue weighted by atomic mass is 9.61. The Hall–Kier alpha value is -2.07. The molecule has 2 aliphatic heterocycles. The zero-order chi connectivity index (χ0) is 26.9. The van der Waals surface area contributed by atoms with Crippen molar-refractivity contribution in [3.05, 3.63) is 11.6 Å². The van der Waals surface area contributed by atoms with Crippen LogP contribution in [0.15, 0.2) is 11.6 Å². The highest BCUT2D eigenvalue weighted by Crippen LogP contribution is 2.53. The molecule has 204 valence electrons. The van der Waals surface area contributed by atoms with Crippen LogP contribution in [0.4, 0.5) is 0 Å². The monoisotopic (exact) mass is 518 g/mol. The minimum atomic E-state index is -1.10. The maximum absolute atomic E-state index is 12.3. The molecule has 2 spiro atoms. The molecule has 9 heteroatoms. The van der Waals surface area contributed by atoms with E-state index >= 15 is 0 Å². The lowest BCUT2D eigenvalue weighted by Crippen LogP contribution is -2.51. The fourth-order valence-electron chi connectivity index (χ4n) is 6.61. The standard InChI is InChI=1S/C14H20O5.C14H18O4/c1-10(15)3-5-13(11(2)16)9-14(6-4-12(13)17)18-7-8-19-14;1-10(15)13-4-3-12(16)8-11(13)2-5-14(9-13)17-6-7-18-14/h3-9H2,1-2H3;8H,2-7,9H2,1H3/t2*13-/m11/s1. The molecule has 0 bridgehead atoms. The zero-order valence-electron chi connectivity index (χ0n) is 22.2. The van der Waals surface area contributed by atoms with Gasteiger partial charge in [-0.3, -0.25) is 19.2 Å². The molecule has 3 aliphatic carbocycles. The molecule has 0 radical (unpaired) electrons. The van der Waals surface area contributed by atoms with Gasteiger partial charge in [0.25, 0.3) is 0 Å². The van der Waals surface area contributed by atoms with Gasteiger partial charge in [0, 0.05) is 44.9 Å². The van der Waals surface area contributed by atoms with E-state index in [2.05, 4.69) is 0 Å². The Morgan fingerprint density at radius 2 is 1.32 bits per heavy atom. The van der Waals surface area contributed by atoms with E-state index < -0.39 is 22.4 Å². The number of allylic oxidation sites excluding steroid dienone is 2. The summed E-state index contributed by atoms with van der Waals surface area (Å²) >= 11 is 0. The van der Waals surface area contributed by atoms with Crippen LogP contribution in [0, 0.1) is 10.8 Å². The van der Waals surface area contributed by atoms with Gasteiger partial charge in [0.15, 0.2) is 17.4 Å². The highest BCUT2D eigenvalue weighted by atomic mass is 16.7. The highest BCUT2D eigenvalue weighted by molar-refractivity contribution is 6.07. The van der Waals surface area contributed by atoms with Crippen molar-refractivity contribution in [1.82, 2.24) is 0 Å². The summed E-state index contributed by atoms with van der Waals surface area (Å²) in [6, 6.07) is 0. The maximum atomic E-state index is 12.3. The highest BCUT2D eigenvalue weighted by Gasteiger charge is 2.56. The smallest absolute Gasteiger partial charge is 0.170 e. The van der Waals surface area contributed by atoms with E-state index in [9.17, 15) is 24.0 Å². The molecule has 0 aromatic carbocycles. The van der Waals surface area contributed by atoms with Crippen LogP contribution < -0.4 is 0 Å². The van der Waals surface area contributed by atoms with Gasteiger partial charge in [-0.05, 0) is 46.1 Å². The Labute approximate surface area is 217 Å². The van der Waals surface area contributed by atoms with Crippen LogP contribution in [0.5, 0.6) is 0 Å². The first kappa shape index (κ1) is 28.0. The number of fused-ring (bicyclic) bond motifs is 1. The topological polar surface area (TPSA) is 122 Å². The van der Waals surface area contributed by atoms with Crippen molar-refractivity contribution in [2.24, 2.45) is 10.8 Å². The number of rotatable bonds is 5. The van der Waals surface area contributed by atoms with Gasteiger partial charge in [0.05, 0.1) is 37.3 Å². The molecular formula is C28H38O9. The van der Waals surface area contributed by atoms with E-state index in [0.29, 0.717) is 52.1 Å². The third kappa shape index (κ3) is 5.41. The van der Waals surface area contributed by atoms with Gasteiger partial charge in [-0.2, -0.15) is 0 Å². The molecule has 2 heterocycles. The first-order valence-electron chi connectivity index (χ1n) is 13.3. The van der Waals surface area contributed by atoms with Gasteiger partial charge in [-0.15, -0.1) is 0 Å². The van der Waals surface area contributed by atoms with Crippen LogP contribution in [-0.4, -0.2) is 66.9 Å². The van der Waals surface area contributed by atoms with Crippen LogP contribution in [0.3, 0.4) is 0 Å².